The standard InChI is InChI=1S/C22H32O6/c1-3-5-6-7-8-18-9-13-19(14-10-18)21(23)26-28-27-22(24)25-20-15-11-17(4-2)12-16-20/h9-10,13-14,17,20H,3-8,11-12,15-16H2,1-2H3. The molecule has 1 saturated carbocycles. The summed E-state index contributed by atoms with van der Waals surface area (Å²) in [6.07, 6.45) is 9.49. The van der Waals surface area contributed by atoms with Gasteiger partial charge in [0.1, 0.15) is 6.10 Å². The van der Waals surface area contributed by atoms with Crippen molar-refractivity contribution in [2.24, 2.45) is 5.92 Å². The molecule has 0 atom stereocenters. The van der Waals surface area contributed by atoms with Crippen molar-refractivity contribution in [3.05, 3.63) is 35.4 Å². The number of ether oxygens (including phenoxy) is 1. The second kappa shape index (κ2) is 12.4. The largest absolute Gasteiger partial charge is 0.543 e. The van der Waals surface area contributed by atoms with Gasteiger partial charge >= 0.3 is 12.1 Å². The number of hydrogen-bond acceptors (Lipinski definition) is 6. The Hall–Kier alpha value is -2.08. The smallest absolute Gasteiger partial charge is 0.429 e. The Balaban J connectivity index is 1.63. The van der Waals surface area contributed by atoms with Gasteiger partial charge in [0.15, 0.2) is 0 Å². The summed E-state index contributed by atoms with van der Waals surface area (Å²) in [7, 11) is 0. The first kappa shape index (κ1) is 22.2. The summed E-state index contributed by atoms with van der Waals surface area (Å²) in [6.45, 7) is 4.35. The van der Waals surface area contributed by atoms with Crippen molar-refractivity contribution >= 4 is 12.1 Å². The molecule has 6 nitrogen and oxygen atoms in total. The molecule has 0 aliphatic heterocycles. The second-order valence-corrected chi connectivity index (χ2v) is 7.45. The molecule has 0 heterocycles. The van der Waals surface area contributed by atoms with Crippen LogP contribution in [0.15, 0.2) is 24.3 Å². The molecule has 156 valence electrons. The van der Waals surface area contributed by atoms with Crippen LogP contribution < -0.4 is 0 Å². The average Bonchev–Trinajstić information content (AvgIpc) is 2.72. The molecule has 0 amide bonds. The molecular weight excluding hydrogens is 360 g/mol. The van der Waals surface area contributed by atoms with Gasteiger partial charge in [0.05, 0.1) is 10.6 Å². The molecule has 1 aromatic rings. The van der Waals surface area contributed by atoms with Crippen molar-refractivity contribution < 1.29 is 29.1 Å². The van der Waals surface area contributed by atoms with Crippen LogP contribution in [-0.2, 0) is 26.0 Å². The SMILES string of the molecule is CCCCCCc1ccc(C(=O)OOOC(=O)OC2CCC(CC)CC2)cc1. The number of unbranched alkanes of at least 4 members (excludes halogenated alkanes) is 3. The summed E-state index contributed by atoms with van der Waals surface area (Å²) in [6, 6.07) is 7.13. The van der Waals surface area contributed by atoms with Crippen LogP contribution in [0.3, 0.4) is 0 Å². The normalized spacial score (nSPS) is 19.1. The minimum atomic E-state index is -0.991. The molecule has 0 saturated heterocycles. The van der Waals surface area contributed by atoms with Gasteiger partial charge in [-0.2, -0.15) is 0 Å². The molecule has 1 aliphatic carbocycles. The van der Waals surface area contributed by atoms with Crippen LogP contribution in [0.5, 0.6) is 0 Å². The molecule has 0 radical (unpaired) electrons. The Kier molecular flexibility index (Phi) is 9.83. The van der Waals surface area contributed by atoms with Crippen LogP contribution in [0, 0.1) is 5.92 Å². The topological polar surface area (TPSA) is 71.1 Å². The predicted octanol–water partition coefficient (Wildman–Crippen LogP) is 5.93. The van der Waals surface area contributed by atoms with E-state index in [2.05, 4.69) is 28.7 Å². The van der Waals surface area contributed by atoms with Crippen molar-refractivity contribution in [3.63, 3.8) is 0 Å². The van der Waals surface area contributed by atoms with Crippen molar-refractivity contribution in [3.8, 4) is 0 Å². The third-order valence-electron chi connectivity index (χ3n) is 5.35. The molecule has 0 spiro atoms. The minimum Gasteiger partial charge on any atom is -0.429 e. The maximum Gasteiger partial charge on any atom is 0.543 e. The first-order valence-corrected chi connectivity index (χ1v) is 10.5. The summed E-state index contributed by atoms with van der Waals surface area (Å²) < 4.78 is 5.16. The first-order valence-electron chi connectivity index (χ1n) is 10.5. The molecule has 1 fully saturated rings. The third-order valence-corrected chi connectivity index (χ3v) is 5.35. The lowest BCUT2D eigenvalue weighted by atomic mass is 9.86. The van der Waals surface area contributed by atoms with E-state index in [0.29, 0.717) is 11.5 Å². The molecule has 2 rings (SSSR count). The second-order valence-electron chi connectivity index (χ2n) is 7.45. The van der Waals surface area contributed by atoms with Gasteiger partial charge in [-0.1, -0.05) is 51.7 Å². The van der Waals surface area contributed by atoms with Gasteiger partial charge in [-0.05, 0) is 62.1 Å². The van der Waals surface area contributed by atoms with E-state index in [0.717, 1.165) is 44.9 Å². The maximum absolute atomic E-state index is 11.9. The Morgan fingerprint density at radius 1 is 0.929 bits per heavy atom. The van der Waals surface area contributed by atoms with E-state index in [4.69, 9.17) is 4.74 Å². The Morgan fingerprint density at radius 2 is 1.64 bits per heavy atom. The van der Waals surface area contributed by atoms with Gasteiger partial charge in [0.25, 0.3) is 0 Å². The fourth-order valence-corrected chi connectivity index (χ4v) is 3.50. The van der Waals surface area contributed by atoms with Gasteiger partial charge in [-0.25, -0.2) is 14.5 Å². The lowest BCUT2D eigenvalue weighted by Crippen LogP contribution is -2.25. The van der Waals surface area contributed by atoms with Crippen LogP contribution in [0.1, 0.15) is 87.6 Å². The molecule has 0 aromatic heterocycles. The fraction of sp³-hybridized carbons (Fsp3) is 0.636. The van der Waals surface area contributed by atoms with Crippen LogP contribution in [-0.4, -0.2) is 18.2 Å². The lowest BCUT2D eigenvalue weighted by molar-refractivity contribution is -0.453. The molecular formula is C22H32O6. The molecule has 0 N–H and O–H groups in total. The number of rotatable bonds is 10. The van der Waals surface area contributed by atoms with Gasteiger partial charge in [0, 0.05) is 0 Å². The number of benzene rings is 1. The molecule has 6 heteroatoms. The van der Waals surface area contributed by atoms with E-state index in [9.17, 15) is 9.59 Å². The van der Waals surface area contributed by atoms with E-state index in [1.54, 1.807) is 12.1 Å². The van der Waals surface area contributed by atoms with Crippen LogP contribution in [0.25, 0.3) is 0 Å². The molecule has 28 heavy (non-hydrogen) atoms. The highest BCUT2D eigenvalue weighted by molar-refractivity contribution is 5.88. The molecule has 1 aliphatic rings. The van der Waals surface area contributed by atoms with E-state index >= 15 is 0 Å². The van der Waals surface area contributed by atoms with Crippen LogP contribution >= 0.6 is 0 Å². The molecule has 0 bridgehead atoms. The fourth-order valence-electron chi connectivity index (χ4n) is 3.50. The summed E-state index contributed by atoms with van der Waals surface area (Å²) in [5.41, 5.74) is 1.50. The van der Waals surface area contributed by atoms with Crippen molar-refractivity contribution in [1.82, 2.24) is 0 Å². The number of carbonyl (C=O) groups excluding carboxylic acids is 2. The monoisotopic (exact) mass is 392 g/mol. The van der Waals surface area contributed by atoms with Gasteiger partial charge in [-0.3, -0.25) is 4.89 Å². The Morgan fingerprint density at radius 3 is 2.29 bits per heavy atom. The van der Waals surface area contributed by atoms with E-state index in [-0.39, 0.29) is 6.10 Å². The third kappa shape index (κ3) is 7.89. The first-order chi connectivity index (χ1) is 13.6. The summed E-state index contributed by atoms with van der Waals surface area (Å²) in [4.78, 5) is 32.4. The highest BCUT2D eigenvalue weighted by atomic mass is 17.5. The van der Waals surface area contributed by atoms with Crippen molar-refractivity contribution in [2.45, 2.75) is 84.2 Å². The predicted molar refractivity (Wildman–Crippen MR) is 104 cm³/mol. The number of aryl methyl sites for hydroxylation is 1. The van der Waals surface area contributed by atoms with Crippen LogP contribution in [0.2, 0.25) is 0 Å². The van der Waals surface area contributed by atoms with Gasteiger partial charge in [-0.15, -0.1) is 0 Å². The Bertz CT molecular complexity index is 590. The Labute approximate surface area is 167 Å². The van der Waals surface area contributed by atoms with Crippen molar-refractivity contribution in [1.29, 1.82) is 0 Å². The maximum atomic E-state index is 11.9. The average molecular weight is 392 g/mol. The molecule has 1 aromatic carbocycles. The zero-order chi connectivity index (χ0) is 20.2. The van der Waals surface area contributed by atoms with E-state index in [1.807, 2.05) is 12.1 Å². The highest BCUT2D eigenvalue weighted by Crippen LogP contribution is 2.28. The summed E-state index contributed by atoms with van der Waals surface area (Å²) in [5.74, 6) is -0.0235. The molecule has 0 unspecified atom stereocenters. The zero-order valence-corrected chi connectivity index (χ0v) is 17.0. The minimum absolute atomic E-state index is 0.167. The quantitative estimate of drug-likeness (QED) is 0.212. The lowest BCUT2D eigenvalue weighted by Gasteiger charge is -2.26. The van der Waals surface area contributed by atoms with E-state index < -0.39 is 12.1 Å². The summed E-state index contributed by atoms with van der Waals surface area (Å²) in [5, 5.41) is 4.29. The van der Waals surface area contributed by atoms with Gasteiger partial charge in [0.2, 0.25) is 0 Å². The zero-order valence-electron chi connectivity index (χ0n) is 17.0. The highest BCUT2D eigenvalue weighted by Gasteiger charge is 2.24. The van der Waals surface area contributed by atoms with E-state index in [1.165, 1.54) is 24.8 Å². The number of hydrogen-bond donors (Lipinski definition) is 0. The van der Waals surface area contributed by atoms with Crippen molar-refractivity contribution in [2.75, 3.05) is 0 Å². The summed E-state index contributed by atoms with van der Waals surface area (Å²) >= 11 is 0. The number of carbonyl (C=O) groups is 2. The van der Waals surface area contributed by atoms with Crippen LogP contribution in [0.4, 0.5) is 4.79 Å². The van der Waals surface area contributed by atoms with Gasteiger partial charge < -0.3 is 4.74 Å².